The second-order valence-electron chi connectivity index (χ2n) is 4.72. The largest absolute Gasteiger partial charge is 0.460 e. The molecule has 0 bridgehead atoms. The van der Waals surface area contributed by atoms with Gasteiger partial charge in [-0.1, -0.05) is 0 Å². The molecule has 0 aromatic carbocycles. The standard InChI is InChI=1S/C12H16BrNO2/c1-8-5-9(14-10(13)6-8)7-11(15)16-12(2,3)4/h5-6H,7H2,1-4H3. The molecule has 3 nitrogen and oxygen atoms in total. The summed E-state index contributed by atoms with van der Waals surface area (Å²) in [6, 6.07) is 3.78. The van der Waals surface area contributed by atoms with Crippen molar-refractivity contribution in [2.24, 2.45) is 0 Å². The Labute approximate surface area is 104 Å². The minimum Gasteiger partial charge on any atom is -0.460 e. The lowest BCUT2D eigenvalue weighted by molar-refractivity contribution is -0.153. The highest BCUT2D eigenvalue weighted by Gasteiger charge is 2.17. The van der Waals surface area contributed by atoms with Crippen molar-refractivity contribution < 1.29 is 9.53 Å². The number of halogens is 1. The van der Waals surface area contributed by atoms with Crippen LogP contribution in [0.15, 0.2) is 16.7 Å². The highest BCUT2D eigenvalue weighted by molar-refractivity contribution is 9.10. The third-order valence-electron chi connectivity index (χ3n) is 1.74. The molecule has 1 rings (SSSR count). The van der Waals surface area contributed by atoms with E-state index in [9.17, 15) is 4.79 Å². The van der Waals surface area contributed by atoms with Crippen LogP contribution in [0.5, 0.6) is 0 Å². The van der Waals surface area contributed by atoms with Gasteiger partial charge in [0.25, 0.3) is 0 Å². The van der Waals surface area contributed by atoms with Crippen LogP contribution in [-0.4, -0.2) is 16.6 Å². The Morgan fingerprint density at radius 2 is 2.06 bits per heavy atom. The molecule has 0 aliphatic carbocycles. The topological polar surface area (TPSA) is 39.2 Å². The first-order chi connectivity index (χ1) is 7.26. The summed E-state index contributed by atoms with van der Waals surface area (Å²) in [7, 11) is 0. The first kappa shape index (κ1) is 13.2. The van der Waals surface area contributed by atoms with Crippen LogP contribution in [0.1, 0.15) is 32.0 Å². The van der Waals surface area contributed by atoms with Crippen LogP contribution in [-0.2, 0) is 16.0 Å². The summed E-state index contributed by atoms with van der Waals surface area (Å²) in [5, 5.41) is 0. The molecular weight excluding hydrogens is 270 g/mol. The normalized spacial score (nSPS) is 11.3. The molecule has 0 fully saturated rings. The quantitative estimate of drug-likeness (QED) is 0.619. The molecule has 0 spiro atoms. The van der Waals surface area contributed by atoms with Crippen LogP contribution < -0.4 is 0 Å². The molecule has 1 aromatic heterocycles. The third kappa shape index (κ3) is 4.75. The summed E-state index contributed by atoms with van der Waals surface area (Å²) in [6.07, 6.45) is 0.206. The zero-order chi connectivity index (χ0) is 12.3. The van der Waals surface area contributed by atoms with E-state index in [0.717, 1.165) is 15.9 Å². The van der Waals surface area contributed by atoms with Crippen molar-refractivity contribution in [3.8, 4) is 0 Å². The molecule has 0 aliphatic rings. The number of ether oxygens (including phenoxy) is 1. The highest BCUT2D eigenvalue weighted by atomic mass is 79.9. The lowest BCUT2D eigenvalue weighted by Gasteiger charge is -2.19. The summed E-state index contributed by atoms with van der Waals surface area (Å²) in [5.74, 6) is -0.252. The van der Waals surface area contributed by atoms with Gasteiger partial charge in [-0.2, -0.15) is 0 Å². The molecule has 0 saturated heterocycles. The van der Waals surface area contributed by atoms with Gasteiger partial charge in [0, 0.05) is 0 Å². The molecule has 0 saturated carbocycles. The van der Waals surface area contributed by atoms with Gasteiger partial charge >= 0.3 is 5.97 Å². The van der Waals surface area contributed by atoms with Gasteiger partial charge in [-0.25, -0.2) is 4.98 Å². The van der Waals surface area contributed by atoms with Gasteiger partial charge in [0.05, 0.1) is 12.1 Å². The molecule has 4 heteroatoms. The van der Waals surface area contributed by atoms with Gasteiger partial charge in [0.15, 0.2) is 0 Å². The molecule has 0 radical (unpaired) electrons. The Balaban J connectivity index is 2.70. The third-order valence-corrected chi connectivity index (χ3v) is 2.14. The van der Waals surface area contributed by atoms with E-state index in [1.807, 2.05) is 39.8 Å². The number of hydrogen-bond donors (Lipinski definition) is 0. The van der Waals surface area contributed by atoms with Crippen LogP contribution in [0.3, 0.4) is 0 Å². The molecular formula is C12H16BrNO2. The van der Waals surface area contributed by atoms with Gasteiger partial charge in [0.1, 0.15) is 10.2 Å². The van der Waals surface area contributed by atoms with E-state index in [4.69, 9.17) is 4.74 Å². The smallest absolute Gasteiger partial charge is 0.312 e. The second kappa shape index (κ2) is 4.95. The number of carbonyl (C=O) groups excluding carboxylic acids is 1. The lowest BCUT2D eigenvalue weighted by atomic mass is 10.2. The number of aryl methyl sites for hydroxylation is 1. The van der Waals surface area contributed by atoms with E-state index >= 15 is 0 Å². The van der Waals surface area contributed by atoms with E-state index < -0.39 is 5.60 Å². The predicted molar refractivity (Wildman–Crippen MR) is 66.2 cm³/mol. The van der Waals surface area contributed by atoms with Crippen molar-refractivity contribution in [3.05, 3.63) is 28.0 Å². The summed E-state index contributed by atoms with van der Waals surface area (Å²) in [6.45, 7) is 7.52. The van der Waals surface area contributed by atoms with Crippen LogP contribution in [0.4, 0.5) is 0 Å². The first-order valence-electron chi connectivity index (χ1n) is 5.11. The molecule has 1 heterocycles. The van der Waals surface area contributed by atoms with E-state index in [1.54, 1.807) is 0 Å². The van der Waals surface area contributed by atoms with E-state index in [1.165, 1.54) is 0 Å². The van der Waals surface area contributed by atoms with Crippen molar-refractivity contribution in [2.45, 2.75) is 39.7 Å². The highest BCUT2D eigenvalue weighted by Crippen LogP contribution is 2.13. The second-order valence-corrected chi connectivity index (χ2v) is 5.53. The number of esters is 1. The number of rotatable bonds is 2. The predicted octanol–water partition coefficient (Wildman–Crippen LogP) is 3.04. The average molecular weight is 286 g/mol. The molecule has 0 unspecified atom stereocenters. The summed E-state index contributed by atoms with van der Waals surface area (Å²) < 4.78 is 5.97. The Morgan fingerprint density at radius 3 is 2.56 bits per heavy atom. The minimum absolute atomic E-state index is 0.206. The maximum absolute atomic E-state index is 11.6. The number of nitrogens with zero attached hydrogens (tertiary/aromatic N) is 1. The van der Waals surface area contributed by atoms with Gasteiger partial charge in [-0.05, 0) is 61.3 Å². The zero-order valence-corrected chi connectivity index (χ0v) is 11.6. The van der Waals surface area contributed by atoms with Gasteiger partial charge in [-0.3, -0.25) is 4.79 Å². The van der Waals surface area contributed by atoms with Gasteiger partial charge in [-0.15, -0.1) is 0 Å². The van der Waals surface area contributed by atoms with Crippen LogP contribution in [0.2, 0.25) is 0 Å². The van der Waals surface area contributed by atoms with E-state index in [2.05, 4.69) is 20.9 Å². The minimum atomic E-state index is -0.446. The lowest BCUT2D eigenvalue weighted by Crippen LogP contribution is -2.25. The SMILES string of the molecule is Cc1cc(Br)nc(CC(=O)OC(C)(C)C)c1. The fourth-order valence-corrected chi connectivity index (χ4v) is 1.90. The van der Waals surface area contributed by atoms with E-state index in [-0.39, 0.29) is 12.4 Å². The number of aromatic nitrogens is 1. The number of carbonyl (C=O) groups is 1. The van der Waals surface area contributed by atoms with Crippen molar-refractivity contribution >= 4 is 21.9 Å². The first-order valence-corrected chi connectivity index (χ1v) is 5.90. The van der Waals surface area contributed by atoms with Crippen LogP contribution in [0.25, 0.3) is 0 Å². The molecule has 0 N–H and O–H groups in total. The molecule has 0 amide bonds. The Kier molecular flexibility index (Phi) is 4.08. The van der Waals surface area contributed by atoms with Gasteiger partial charge < -0.3 is 4.74 Å². The van der Waals surface area contributed by atoms with Gasteiger partial charge in [0.2, 0.25) is 0 Å². The van der Waals surface area contributed by atoms with Crippen molar-refractivity contribution in [3.63, 3.8) is 0 Å². The number of hydrogen-bond acceptors (Lipinski definition) is 3. The van der Waals surface area contributed by atoms with E-state index in [0.29, 0.717) is 0 Å². The number of pyridine rings is 1. The Morgan fingerprint density at radius 1 is 1.44 bits per heavy atom. The average Bonchev–Trinajstić information content (AvgIpc) is 1.96. The summed E-state index contributed by atoms with van der Waals surface area (Å²) in [5.41, 5.74) is 1.35. The fourth-order valence-electron chi connectivity index (χ4n) is 1.31. The molecule has 0 aliphatic heterocycles. The molecule has 1 aromatic rings. The van der Waals surface area contributed by atoms with Crippen molar-refractivity contribution in [1.82, 2.24) is 4.98 Å². The molecule has 88 valence electrons. The van der Waals surface area contributed by atoms with Crippen LogP contribution in [0, 0.1) is 6.92 Å². The van der Waals surface area contributed by atoms with Crippen molar-refractivity contribution in [1.29, 1.82) is 0 Å². The Hall–Kier alpha value is -0.900. The Bertz CT molecular complexity index is 376. The van der Waals surface area contributed by atoms with Crippen molar-refractivity contribution in [2.75, 3.05) is 0 Å². The molecule has 0 atom stereocenters. The zero-order valence-electron chi connectivity index (χ0n) is 10.0. The fraction of sp³-hybridized carbons (Fsp3) is 0.500. The summed E-state index contributed by atoms with van der Waals surface area (Å²) >= 11 is 3.30. The monoisotopic (exact) mass is 285 g/mol. The maximum atomic E-state index is 11.6. The molecule has 16 heavy (non-hydrogen) atoms. The summed E-state index contributed by atoms with van der Waals surface area (Å²) in [4.78, 5) is 15.8. The maximum Gasteiger partial charge on any atom is 0.312 e. The van der Waals surface area contributed by atoms with Crippen LogP contribution >= 0.6 is 15.9 Å².